The van der Waals surface area contributed by atoms with E-state index < -0.39 is 10.0 Å². The lowest BCUT2D eigenvalue weighted by Crippen LogP contribution is -2.34. The van der Waals surface area contributed by atoms with Gasteiger partial charge >= 0.3 is 0 Å². The molecule has 112 valence electrons. The number of nitrogens with zero attached hydrogens (tertiary/aromatic N) is 1. The van der Waals surface area contributed by atoms with E-state index in [4.69, 9.17) is 10.5 Å². The third-order valence-corrected chi connectivity index (χ3v) is 5.84. The monoisotopic (exact) mass is 298 g/mol. The number of hydrogen-bond acceptors (Lipinski definition) is 4. The summed E-state index contributed by atoms with van der Waals surface area (Å²) < 4.78 is 32.4. The van der Waals surface area contributed by atoms with E-state index in [1.54, 1.807) is 16.4 Å². The predicted octanol–water partition coefficient (Wildman–Crippen LogP) is 1.36. The van der Waals surface area contributed by atoms with Gasteiger partial charge in [0.2, 0.25) is 10.0 Å². The molecule has 1 aromatic rings. The number of aryl methyl sites for hydroxylation is 1. The highest BCUT2D eigenvalue weighted by Gasteiger charge is 2.38. The third kappa shape index (κ3) is 2.68. The number of methoxy groups -OCH3 is 1. The van der Waals surface area contributed by atoms with Crippen LogP contribution in [-0.2, 0) is 10.0 Å². The standard InChI is InChI=1S/C14H22N2O3S/c1-10-4-5-13(19-3)14(6-10)20(17,18)16-9-12(8-15)7-11(16)2/h4-6,11-12H,7-9,15H2,1-3H3. The van der Waals surface area contributed by atoms with Gasteiger partial charge in [-0.25, -0.2) is 8.42 Å². The van der Waals surface area contributed by atoms with Crippen LogP contribution in [0.15, 0.2) is 23.1 Å². The van der Waals surface area contributed by atoms with E-state index in [-0.39, 0.29) is 16.9 Å². The van der Waals surface area contributed by atoms with E-state index in [9.17, 15) is 8.42 Å². The molecule has 0 aliphatic carbocycles. The molecule has 2 atom stereocenters. The second-order valence-electron chi connectivity index (χ2n) is 5.42. The van der Waals surface area contributed by atoms with Crippen molar-refractivity contribution in [3.63, 3.8) is 0 Å². The first kappa shape index (κ1) is 15.3. The maximum atomic E-state index is 12.8. The number of ether oxygens (including phenoxy) is 1. The first-order valence-corrected chi connectivity index (χ1v) is 8.20. The predicted molar refractivity (Wildman–Crippen MR) is 78.2 cm³/mol. The van der Waals surface area contributed by atoms with Gasteiger partial charge in [-0.15, -0.1) is 0 Å². The summed E-state index contributed by atoms with van der Waals surface area (Å²) in [6, 6.07) is 5.17. The molecule has 1 aliphatic heterocycles. The molecule has 2 N–H and O–H groups in total. The van der Waals surface area contributed by atoms with Gasteiger partial charge in [-0.1, -0.05) is 6.07 Å². The van der Waals surface area contributed by atoms with Crippen molar-refractivity contribution < 1.29 is 13.2 Å². The molecule has 20 heavy (non-hydrogen) atoms. The Balaban J connectivity index is 2.43. The smallest absolute Gasteiger partial charge is 0.247 e. The largest absolute Gasteiger partial charge is 0.495 e. The van der Waals surface area contributed by atoms with Crippen LogP contribution < -0.4 is 10.5 Å². The van der Waals surface area contributed by atoms with Crippen molar-refractivity contribution in [1.29, 1.82) is 0 Å². The molecule has 1 aromatic carbocycles. The van der Waals surface area contributed by atoms with E-state index >= 15 is 0 Å². The van der Waals surface area contributed by atoms with Crippen LogP contribution in [0.1, 0.15) is 18.9 Å². The van der Waals surface area contributed by atoms with E-state index in [2.05, 4.69) is 0 Å². The summed E-state index contributed by atoms with van der Waals surface area (Å²) in [5, 5.41) is 0. The molecule has 0 aromatic heterocycles. The van der Waals surface area contributed by atoms with Gasteiger partial charge in [-0.3, -0.25) is 0 Å². The fraction of sp³-hybridized carbons (Fsp3) is 0.571. The van der Waals surface area contributed by atoms with Crippen molar-refractivity contribution in [3.05, 3.63) is 23.8 Å². The van der Waals surface area contributed by atoms with Crippen LogP contribution in [0, 0.1) is 12.8 Å². The normalized spacial score (nSPS) is 24.0. The van der Waals surface area contributed by atoms with Gasteiger partial charge in [0.05, 0.1) is 7.11 Å². The lowest BCUT2D eigenvalue weighted by atomic mass is 10.1. The minimum absolute atomic E-state index is 0.0289. The Kier molecular flexibility index (Phi) is 4.36. The molecule has 2 rings (SSSR count). The van der Waals surface area contributed by atoms with Crippen LogP contribution in [0.2, 0.25) is 0 Å². The van der Waals surface area contributed by atoms with Gasteiger partial charge in [0.15, 0.2) is 0 Å². The van der Waals surface area contributed by atoms with E-state index in [0.29, 0.717) is 18.8 Å². The van der Waals surface area contributed by atoms with Crippen molar-refractivity contribution >= 4 is 10.0 Å². The van der Waals surface area contributed by atoms with Crippen molar-refractivity contribution in [2.75, 3.05) is 20.2 Å². The summed E-state index contributed by atoms with van der Waals surface area (Å²) in [7, 11) is -2.06. The van der Waals surface area contributed by atoms with E-state index in [1.807, 2.05) is 19.9 Å². The molecular weight excluding hydrogens is 276 g/mol. The number of nitrogens with two attached hydrogens (primary N) is 1. The maximum absolute atomic E-state index is 12.8. The van der Waals surface area contributed by atoms with Crippen LogP contribution in [-0.4, -0.2) is 39.0 Å². The van der Waals surface area contributed by atoms with E-state index in [0.717, 1.165) is 12.0 Å². The van der Waals surface area contributed by atoms with Crippen LogP contribution in [0.5, 0.6) is 5.75 Å². The minimum atomic E-state index is -3.54. The Labute approximate surface area is 120 Å². The lowest BCUT2D eigenvalue weighted by molar-refractivity contribution is 0.385. The quantitative estimate of drug-likeness (QED) is 0.911. The average Bonchev–Trinajstić information content (AvgIpc) is 2.80. The zero-order valence-corrected chi connectivity index (χ0v) is 13.0. The molecule has 0 bridgehead atoms. The van der Waals surface area contributed by atoms with E-state index in [1.165, 1.54) is 7.11 Å². The van der Waals surface area contributed by atoms with Gasteiger partial charge in [0.25, 0.3) is 0 Å². The van der Waals surface area contributed by atoms with Gasteiger partial charge in [0.1, 0.15) is 10.6 Å². The first-order chi connectivity index (χ1) is 9.40. The lowest BCUT2D eigenvalue weighted by Gasteiger charge is -2.22. The molecular formula is C14H22N2O3S. The van der Waals surface area contributed by atoms with Gasteiger partial charge in [-0.05, 0) is 50.4 Å². The van der Waals surface area contributed by atoms with Crippen molar-refractivity contribution in [2.24, 2.45) is 11.7 Å². The fourth-order valence-electron chi connectivity index (χ4n) is 2.73. The topological polar surface area (TPSA) is 72.6 Å². The molecule has 1 saturated heterocycles. The van der Waals surface area contributed by atoms with Crippen molar-refractivity contribution in [1.82, 2.24) is 4.31 Å². The molecule has 0 amide bonds. The zero-order valence-electron chi connectivity index (χ0n) is 12.2. The molecule has 1 fully saturated rings. The van der Waals surface area contributed by atoms with Crippen LogP contribution >= 0.6 is 0 Å². The average molecular weight is 298 g/mol. The minimum Gasteiger partial charge on any atom is -0.495 e. The molecule has 2 unspecified atom stereocenters. The van der Waals surface area contributed by atoms with Crippen molar-refractivity contribution in [3.8, 4) is 5.75 Å². The summed E-state index contributed by atoms with van der Waals surface area (Å²) in [5.74, 6) is 0.620. The summed E-state index contributed by atoms with van der Waals surface area (Å²) in [6.45, 7) is 4.79. The van der Waals surface area contributed by atoms with Crippen LogP contribution in [0.25, 0.3) is 0 Å². The third-order valence-electron chi connectivity index (χ3n) is 3.84. The number of rotatable bonds is 4. The number of benzene rings is 1. The van der Waals surface area contributed by atoms with Crippen molar-refractivity contribution in [2.45, 2.75) is 31.2 Å². The Bertz CT molecular complexity index is 586. The van der Waals surface area contributed by atoms with Gasteiger partial charge < -0.3 is 10.5 Å². The fourth-order valence-corrected chi connectivity index (χ4v) is 4.69. The Hall–Kier alpha value is -1.11. The zero-order chi connectivity index (χ0) is 14.9. The molecule has 0 saturated carbocycles. The number of hydrogen-bond donors (Lipinski definition) is 1. The summed E-state index contributed by atoms with van der Waals surface area (Å²) in [6.07, 6.45) is 0.809. The van der Waals surface area contributed by atoms with Gasteiger partial charge in [0, 0.05) is 12.6 Å². The Morgan fingerprint density at radius 3 is 2.70 bits per heavy atom. The Morgan fingerprint density at radius 2 is 2.15 bits per heavy atom. The molecule has 1 heterocycles. The maximum Gasteiger partial charge on any atom is 0.247 e. The van der Waals surface area contributed by atoms with Crippen LogP contribution in [0.4, 0.5) is 0 Å². The second kappa shape index (κ2) is 5.71. The Morgan fingerprint density at radius 1 is 1.45 bits per heavy atom. The molecule has 1 aliphatic rings. The number of sulfonamides is 1. The highest BCUT2D eigenvalue weighted by Crippen LogP contribution is 2.33. The molecule has 0 spiro atoms. The summed E-state index contributed by atoms with van der Waals surface area (Å²) in [5.41, 5.74) is 6.57. The SMILES string of the molecule is COc1ccc(C)cc1S(=O)(=O)N1CC(CN)CC1C. The first-order valence-electron chi connectivity index (χ1n) is 6.76. The van der Waals surface area contributed by atoms with Crippen LogP contribution in [0.3, 0.4) is 0 Å². The highest BCUT2D eigenvalue weighted by atomic mass is 32.2. The second-order valence-corrected chi connectivity index (χ2v) is 7.27. The highest BCUT2D eigenvalue weighted by molar-refractivity contribution is 7.89. The van der Waals surface area contributed by atoms with Gasteiger partial charge in [-0.2, -0.15) is 4.31 Å². The summed E-state index contributed by atoms with van der Waals surface area (Å²) in [4.78, 5) is 0.240. The molecule has 0 radical (unpaired) electrons. The summed E-state index contributed by atoms with van der Waals surface area (Å²) >= 11 is 0. The molecule has 5 nitrogen and oxygen atoms in total. The molecule has 6 heteroatoms.